The van der Waals surface area contributed by atoms with Gasteiger partial charge in [-0.3, -0.25) is 9.78 Å². The Morgan fingerprint density at radius 2 is 2.11 bits per heavy atom. The first-order valence-corrected chi connectivity index (χ1v) is 8.69. The number of pyridine rings is 2. The molecule has 27 heavy (non-hydrogen) atoms. The van der Waals surface area contributed by atoms with Crippen LogP contribution in [0.25, 0.3) is 22.2 Å². The lowest BCUT2D eigenvalue weighted by Gasteiger charge is -2.14. The van der Waals surface area contributed by atoms with Crippen molar-refractivity contribution in [1.82, 2.24) is 19.9 Å². The lowest BCUT2D eigenvalue weighted by atomic mass is 10.0. The molecule has 0 radical (unpaired) electrons. The number of nitrogens with one attached hydrogen (secondary N) is 2. The molecule has 7 heteroatoms. The number of aryl methyl sites for hydroxylation is 1. The van der Waals surface area contributed by atoms with E-state index in [1.165, 1.54) is 12.6 Å². The van der Waals surface area contributed by atoms with Gasteiger partial charge in [-0.25, -0.2) is 9.97 Å². The average molecular weight is 361 g/mol. The van der Waals surface area contributed by atoms with E-state index in [0.717, 1.165) is 28.3 Å². The summed E-state index contributed by atoms with van der Waals surface area (Å²) in [6.45, 7) is 4.64. The Labute approximate surface area is 155 Å². The summed E-state index contributed by atoms with van der Waals surface area (Å²) in [6, 6.07) is 7.53. The highest BCUT2D eigenvalue weighted by Crippen LogP contribution is 2.24. The van der Waals surface area contributed by atoms with E-state index in [0.29, 0.717) is 17.5 Å². The highest BCUT2D eigenvalue weighted by Gasteiger charge is 2.14. The van der Waals surface area contributed by atoms with Crippen LogP contribution in [0.15, 0.2) is 58.5 Å². The van der Waals surface area contributed by atoms with Crippen LogP contribution in [0.4, 0.5) is 5.82 Å². The minimum Gasteiger partial charge on any atom is -0.464 e. The summed E-state index contributed by atoms with van der Waals surface area (Å²) in [6.07, 6.45) is 6.59. The topological polar surface area (TPSA) is 96.7 Å². The van der Waals surface area contributed by atoms with E-state index in [-0.39, 0.29) is 11.5 Å². The molecule has 0 saturated carbocycles. The molecule has 0 spiro atoms. The number of anilines is 1. The van der Waals surface area contributed by atoms with Crippen molar-refractivity contribution in [3.05, 3.63) is 70.9 Å². The van der Waals surface area contributed by atoms with Gasteiger partial charge in [-0.1, -0.05) is 6.92 Å². The number of aromatic nitrogens is 4. The lowest BCUT2D eigenvalue weighted by molar-refractivity contribution is 0.604. The molecule has 0 saturated heterocycles. The van der Waals surface area contributed by atoms with E-state index in [1.807, 2.05) is 25.1 Å². The third-order valence-corrected chi connectivity index (χ3v) is 4.53. The summed E-state index contributed by atoms with van der Waals surface area (Å²) < 4.78 is 5.51. The zero-order valence-corrected chi connectivity index (χ0v) is 15.1. The Morgan fingerprint density at radius 1 is 1.22 bits per heavy atom. The van der Waals surface area contributed by atoms with E-state index in [1.54, 1.807) is 18.5 Å². The molecule has 0 aliphatic rings. The predicted octanol–water partition coefficient (Wildman–Crippen LogP) is 3.50. The van der Waals surface area contributed by atoms with Crippen LogP contribution in [0.2, 0.25) is 0 Å². The molecule has 0 fully saturated rings. The maximum absolute atomic E-state index is 11.8. The van der Waals surface area contributed by atoms with Crippen LogP contribution in [0.3, 0.4) is 0 Å². The SMILES string of the molecule is Cc1ccc(-c2cc(NC[C@@H](C)c3c[nH]c(=O)c4ccoc34)ncn2)cn1. The van der Waals surface area contributed by atoms with Crippen LogP contribution in [-0.4, -0.2) is 26.5 Å². The lowest BCUT2D eigenvalue weighted by Crippen LogP contribution is -2.14. The van der Waals surface area contributed by atoms with Crippen LogP contribution in [0.5, 0.6) is 0 Å². The van der Waals surface area contributed by atoms with Crippen LogP contribution in [0.1, 0.15) is 24.1 Å². The monoisotopic (exact) mass is 361 g/mol. The van der Waals surface area contributed by atoms with Crippen molar-refractivity contribution in [2.45, 2.75) is 19.8 Å². The number of fused-ring (bicyclic) bond motifs is 1. The molecule has 0 bridgehead atoms. The quantitative estimate of drug-likeness (QED) is 0.565. The second-order valence-corrected chi connectivity index (χ2v) is 6.50. The van der Waals surface area contributed by atoms with Crippen LogP contribution >= 0.6 is 0 Å². The number of nitrogens with zero attached hydrogens (tertiary/aromatic N) is 3. The molecule has 7 nitrogen and oxygen atoms in total. The number of rotatable bonds is 5. The first kappa shape index (κ1) is 17.0. The molecule has 0 unspecified atom stereocenters. The molecule has 4 rings (SSSR count). The smallest absolute Gasteiger partial charge is 0.259 e. The van der Waals surface area contributed by atoms with Crippen LogP contribution in [-0.2, 0) is 0 Å². The minimum absolute atomic E-state index is 0.106. The number of hydrogen-bond donors (Lipinski definition) is 2. The van der Waals surface area contributed by atoms with Crippen molar-refractivity contribution < 1.29 is 4.42 Å². The van der Waals surface area contributed by atoms with Gasteiger partial charge in [0.1, 0.15) is 17.7 Å². The maximum Gasteiger partial charge on any atom is 0.259 e. The Balaban J connectivity index is 1.52. The molecule has 1 atom stereocenters. The van der Waals surface area contributed by atoms with Crippen LogP contribution < -0.4 is 10.9 Å². The molecule has 136 valence electrons. The summed E-state index contributed by atoms with van der Waals surface area (Å²) >= 11 is 0. The van der Waals surface area contributed by atoms with Gasteiger partial charge in [0.25, 0.3) is 5.56 Å². The molecule has 4 aromatic heterocycles. The van der Waals surface area contributed by atoms with E-state index < -0.39 is 0 Å². The molecule has 0 aliphatic heterocycles. The van der Waals surface area contributed by atoms with E-state index in [4.69, 9.17) is 4.42 Å². The van der Waals surface area contributed by atoms with Gasteiger partial charge < -0.3 is 14.7 Å². The van der Waals surface area contributed by atoms with Gasteiger partial charge in [0, 0.05) is 47.7 Å². The van der Waals surface area contributed by atoms with Gasteiger partial charge in [0.2, 0.25) is 0 Å². The second-order valence-electron chi connectivity index (χ2n) is 6.50. The fraction of sp³-hybridized carbons (Fsp3) is 0.200. The number of aromatic amines is 1. The largest absolute Gasteiger partial charge is 0.464 e. The fourth-order valence-corrected chi connectivity index (χ4v) is 2.96. The second kappa shape index (κ2) is 7.03. The van der Waals surface area contributed by atoms with E-state index in [2.05, 4.69) is 32.2 Å². The molecule has 0 aromatic carbocycles. The molecule has 0 amide bonds. The van der Waals surface area contributed by atoms with E-state index >= 15 is 0 Å². The highest BCUT2D eigenvalue weighted by molar-refractivity contribution is 5.79. The maximum atomic E-state index is 11.8. The van der Waals surface area contributed by atoms with Gasteiger partial charge in [0.05, 0.1) is 17.3 Å². The van der Waals surface area contributed by atoms with Crippen LogP contribution in [0, 0.1) is 6.92 Å². The van der Waals surface area contributed by atoms with Crippen molar-refractivity contribution in [3.63, 3.8) is 0 Å². The van der Waals surface area contributed by atoms with Gasteiger partial charge in [-0.2, -0.15) is 0 Å². The Kier molecular flexibility index (Phi) is 4.42. The van der Waals surface area contributed by atoms with Crippen molar-refractivity contribution in [2.75, 3.05) is 11.9 Å². The third-order valence-electron chi connectivity index (χ3n) is 4.53. The molecule has 0 aliphatic carbocycles. The van der Waals surface area contributed by atoms with Gasteiger partial charge >= 0.3 is 0 Å². The Morgan fingerprint density at radius 3 is 2.93 bits per heavy atom. The Hall–Kier alpha value is -3.48. The number of H-pyrrole nitrogens is 1. The summed E-state index contributed by atoms with van der Waals surface area (Å²) in [7, 11) is 0. The highest BCUT2D eigenvalue weighted by atomic mass is 16.3. The zero-order valence-electron chi connectivity index (χ0n) is 15.1. The average Bonchev–Trinajstić information content (AvgIpc) is 3.18. The summed E-state index contributed by atoms with van der Waals surface area (Å²) in [4.78, 5) is 27.5. The van der Waals surface area contributed by atoms with Gasteiger partial charge in [-0.15, -0.1) is 0 Å². The zero-order chi connectivity index (χ0) is 18.8. The third kappa shape index (κ3) is 3.44. The number of furan rings is 1. The first-order chi connectivity index (χ1) is 13.1. The molecule has 4 heterocycles. The normalized spacial score (nSPS) is 12.2. The minimum atomic E-state index is -0.144. The fourth-order valence-electron chi connectivity index (χ4n) is 2.96. The van der Waals surface area contributed by atoms with Gasteiger partial charge in [-0.05, 0) is 25.1 Å². The van der Waals surface area contributed by atoms with Crippen molar-refractivity contribution in [3.8, 4) is 11.3 Å². The van der Waals surface area contributed by atoms with Crippen molar-refractivity contribution in [1.29, 1.82) is 0 Å². The van der Waals surface area contributed by atoms with Crippen molar-refractivity contribution in [2.24, 2.45) is 0 Å². The molecular formula is C20H19N5O2. The number of hydrogen-bond acceptors (Lipinski definition) is 6. The predicted molar refractivity (Wildman–Crippen MR) is 104 cm³/mol. The molecular weight excluding hydrogens is 342 g/mol. The standard InChI is InChI=1S/C20H19N5O2/c1-12(16-10-23-20(26)15-5-6-27-19(15)16)8-22-18-7-17(24-11-25-18)14-4-3-13(2)21-9-14/h3-7,9-12H,8H2,1-2H3,(H,23,26)(H,22,24,25)/t12-/m1/s1. The van der Waals surface area contributed by atoms with E-state index in [9.17, 15) is 4.79 Å². The van der Waals surface area contributed by atoms with Gasteiger partial charge in [0.15, 0.2) is 0 Å². The summed E-state index contributed by atoms with van der Waals surface area (Å²) in [5, 5.41) is 3.90. The van der Waals surface area contributed by atoms with Crippen molar-refractivity contribution >= 4 is 16.8 Å². The first-order valence-electron chi connectivity index (χ1n) is 8.69. The summed E-state index contributed by atoms with van der Waals surface area (Å²) in [5.74, 6) is 0.836. The Bertz CT molecular complexity index is 1130. The summed E-state index contributed by atoms with van der Waals surface area (Å²) in [5.41, 5.74) is 4.14. The molecule has 4 aromatic rings. The molecule has 2 N–H and O–H groups in total.